The maximum Gasteiger partial charge on any atom is 0.274 e. The Morgan fingerprint density at radius 2 is 1.85 bits per heavy atom. The van der Waals surface area contributed by atoms with Crippen molar-refractivity contribution in [1.29, 1.82) is 0 Å². The Morgan fingerprint density at radius 3 is 2.59 bits per heavy atom. The summed E-state index contributed by atoms with van der Waals surface area (Å²) in [5.41, 5.74) is 12.5. The van der Waals surface area contributed by atoms with Gasteiger partial charge in [-0.05, 0) is 37.1 Å². The van der Waals surface area contributed by atoms with E-state index < -0.39 is 17.6 Å². The molecule has 10 nitrogen and oxygen atoms in total. The Bertz CT molecular complexity index is 1190. The predicted octanol–water partition coefficient (Wildman–Crippen LogP) is 2.79. The number of carbonyl (C=O) groups excluding carboxylic acids is 2. The summed E-state index contributed by atoms with van der Waals surface area (Å²) in [7, 11) is 0. The van der Waals surface area contributed by atoms with Crippen molar-refractivity contribution in [3.63, 3.8) is 0 Å². The van der Waals surface area contributed by atoms with Gasteiger partial charge >= 0.3 is 0 Å². The lowest BCUT2D eigenvalue weighted by Crippen LogP contribution is -2.43. The van der Waals surface area contributed by atoms with Gasteiger partial charge in [-0.2, -0.15) is 0 Å². The summed E-state index contributed by atoms with van der Waals surface area (Å²) in [6.07, 6.45) is 8.09. The highest BCUT2D eigenvalue weighted by Gasteiger charge is 2.24. The first kappa shape index (κ1) is 23.1. The van der Waals surface area contributed by atoms with E-state index >= 15 is 0 Å². The number of hydrogen-bond acceptors (Lipinski definition) is 8. The summed E-state index contributed by atoms with van der Waals surface area (Å²) >= 11 is 0. The molecule has 0 unspecified atom stereocenters. The van der Waals surface area contributed by atoms with Crippen LogP contribution >= 0.6 is 0 Å². The summed E-state index contributed by atoms with van der Waals surface area (Å²) in [4.78, 5) is 36.7. The van der Waals surface area contributed by atoms with E-state index in [1.165, 1.54) is 18.6 Å². The topological polar surface area (TPSA) is 161 Å². The molecule has 0 bridgehead atoms. The monoisotopic (exact) mass is 464 g/mol. The number of carbonyl (C=O) groups is 2. The van der Waals surface area contributed by atoms with Gasteiger partial charge in [0.2, 0.25) is 0 Å². The Hall–Kier alpha value is -4.12. The van der Waals surface area contributed by atoms with Crippen LogP contribution in [0.4, 0.5) is 27.4 Å². The first-order chi connectivity index (χ1) is 16.4. The molecule has 7 N–H and O–H groups in total. The van der Waals surface area contributed by atoms with E-state index in [-0.39, 0.29) is 35.0 Å². The number of amides is 2. The van der Waals surface area contributed by atoms with Crippen molar-refractivity contribution < 1.29 is 14.0 Å². The summed E-state index contributed by atoms with van der Waals surface area (Å²) in [6, 6.07) is 7.37. The lowest BCUT2D eigenvalue weighted by atomic mass is 9.91. The molecule has 34 heavy (non-hydrogen) atoms. The van der Waals surface area contributed by atoms with Crippen LogP contribution in [0.15, 0.2) is 48.9 Å². The summed E-state index contributed by atoms with van der Waals surface area (Å²) in [5, 5.41) is 8.71. The van der Waals surface area contributed by atoms with Crippen LogP contribution in [-0.4, -0.2) is 38.8 Å². The number of rotatable bonds is 7. The Kier molecular flexibility index (Phi) is 6.93. The highest BCUT2D eigenvalue weighted by atomic mass is 19.1. The molecule has 176 valence electrons. The van der Waals surface area contributed by atoms with Crippen LogP contribution in [0.1, 0.15) is 46.5 Å². The third kappa shape index (κ3) is 5.44. The van der Waals surface area contributed by atoms with Crippen LogP contribution in [0.5, 0.6) is 0 Å². The first-order valence-corrected chi connectivity index (χ1v) is 10.9. The largest absolute Gasteiger partial charge is 0.365 e. The average Bonchev–Trinajstić information content (AvgIpc) is 2.83. The quantitative estimate of drug-likeness (QED) is 0.357. The van der Waals surface area contributed by atoms with Gasteiger partial charge in [0.15, 0.2) is 11.6 Å². The Balaban J connectivity index is 1.57. The van der Waals surface area contributed by atoms with Gasteiger partial charge in [-0.25, -0.2) is 9.37 Å². The highest BCUT2D eigenvalue weighted by molar-refractivity contribution is 6.03. The second kappa shape index (κ2) is 10.2. The van der Waals surface area contributed by atoms with E-state index in [1.54, 1.807) is 24.3 Å². The molecule has 2 atom stereocenters. The smallest absolute Gasteiger partial charge is 0.274 e. The summed E-state index contributed by atoms with van der Waals surface area (Å²) in [5.74, 6) is -1.93. The molecule has 3 aromatic rings. The van der Waals surface area contributed by atoms with Crippen molar-refractivity contribution in [2.75, 3.05) is 16.0 Å². The molecule has 1 aliphatic rings. The fourth-order valence-corrected chi connectivity index (χ4v) is 3.79. The van der Waals surface area contributed by atoms with Gasteiger partial charge in [0.25, 0.3) is 11.8 Å². The van der Waals surface area contributed by atoms with Crippen LogP contribution in [0.25, 0.3) is 0 Å². The molecule has 0 aromatic carbocycles. The van der Waals surface area contributed by atoms with Crippen LogP contribution < -0.4 is 27.4 Å². The van der Waals surface area contributed by atoms with Crippen molar-refractivity contribution in [3.05, 3.63) is 66.0 Å². The van der Waals surface area contributed by atoms with Crippen LogP contribution in [0, 0.1) is 5.82 Å². The zero-order valence-corrected chi connectivity index (χ0v) is 18.3. The van der Waals surface area contributed by atoms with Gasteiger partial charge in [0.05, 0.1) is 29.3 Å². The zero-order valence-electron chi connectivity index (χ0n) is 18.3. The number of nitrogens with two attached hydrogens (primary N) is 2. The molecule has 0 radical (unpaired) electrons. The second-order valence-electron chi connectivity index (χ2n) is 8.03. The van der Waals surface area contributed by atoms with Crippen LogP contribution in [0.3, 0.4) is 0 Å². The van der Waals surface area contributed by atoms with E-state index in [0.29, 0.717) is 11.4 Å². The van der Waals surface area contributed by atoms with Crippen molar-refractivity contribution in [2.45, 2.75) is 37.8 Å². The lowest BCUT2D eigenvalue weighted by Gasteiger charge is -2.30. The van der Waals surface area contributed by atoms with Crippen molar-refractivity contribution in [3.8, 4) is 0 Å². The van der Waals surface area contributed by atoms with E-state index in [0.717, 1.165) is 31.7 Å². The van der Waals surface area contributed by atoms with Gasteiger partial charge in [0.1, 0.15) is 11.5 Å². The van der Waals surface area contributed by atoms with Crippen molar-refractivity contribution >= 4 is 34.8 Å². The zero-order chi connectivity index (χ0) is 24.1. The van der Waals surface area contributed by atoms with Crippen LogP contribution in [-0.2, 0) is 0 Å². The number of pyridine rings is 3. The van der Waals surface area contributed by atoms with E-state index in [1.807, 2.05) is 0 Å². The summed E-state index contributed by atoms with van der Waals surface area (Å²) < 4.78 is 14.7. The fourth-order valence-electron chi connectivity index (χ4n) is 3.79. The summed E-state index contributed by atoms with van der Waals surface area (Å²) in [6.45, 7) is 0. The van der Waals surface area contributed by atoms with Crippen molar-refractivity contribution in [1.82, 2.24) is 15.0 Å². The molecule has 1 aliphatic carbocycles. The van der Waals surface area contributed by atoms with Gasteiger partial charge < -0.3 is 27.4 Å². The molecule has 11 heteroatoms. The number of primary amides is 1. The minimum Gasteiger partial charge on any atom is -0.365 e. The minimum atomic E-state index is -0.845. The van der Waals surface area contributed by atoms with E-state index in [4.69, 9.17) is 11.5 Å². The molecule has 3 heterocycles. The third-order valence-corrected chi connectivity index (χ3v) is 5.54. The normalized spacial score (nSPS) is 17.6. The van der Waals surface area contributed by atoms with Gasteiger partial charge in [-0.15, -0.1) is 0 Å². The molecule has 2 amide bonds. The molecule has 0 aliphatic heterocycles. The van der Waals surface area contributed by atoms with Gasteiger partial charge in [-0.1, -0.05) is 18.9 Å². The van der Waals surface area contributed by atoms with Gasteiger partial charge in [0, 0.05) is 18.3 Å². The molecular formula is C23H25FN8O2. The van der Waals surface area contributed by atoms with Crippen LogP contribution in [0.2, 0.25) is 0 Å². The molecule has 0 saturated heterocycles. The number of hydrogen-bond donors (Lipinski definition) is 5. The molecule has 1 saturated carbocycles. The Labute approximate surface area is 195 Å². The van der Waals surface area contributed by atoms with Crippen molar-refractivity contribution in [2.24, 2.45) is 11.5 Å². The predicted molar refractivity (Wildman–Crippen MR) is 126 cm³/mol. The maximum absolute atomic E-state index is 14.7. The SMILES string of the molecule is NC(=O)c1cc(F)c(N[C@@H]2CCCC[C@@H]2N)nc1Nc1cncc(NC(=O)c2ccccn2)c1. The molecule has 1 fully saturated rings. The number of aromatic nitrogens is 3. The van der Waals surface area contributed by atoms with E-state index in [2.05, 4.69) is 30.9 Å². The number of anilines is 4. The molecular weight excluding hydrogens is 439 g/mol. The second-order valence-corrected chi connectivity index (χ2v) is 8.03. The minimum absolute atomic E-state index is 0.0255. The lowest BCUT2D eigenvalue weighted by molar-refractivity contribution is 0.0997. The number of nitrogens with one attached hydrogen (secondary N) is 3. The molecule has 3 aromatic heterocycles. The molecule has 0 spiro atoms. The molecule has 4 rings (SSSR count). The van der Waals surface area contributed by atoms with E-state index in [9.17, 15) is 14.0 Å². The number of halogens is 1. The van der Waals surface area contributed by atoms with Gasteiger partial charge in [-0.3, -0.25) is 19.6 Å². The maximum atomic E-state index is 14.7. The highest BCUT2D eigenvalue weighted by Crippen LogP contribution is 2.27. The number of nitrogens with zero attached hydrogens (tertiary/aromatic N) is 3. The fraction of sp³-hybridized carbons (Fsp3) is 0.261. The average molecular weight is 465 g/mol. The Morgan fingerprint density at radius 1 is 1.06 bits per heavy atom. The third-order valence-electron chi connectivity index (χ3n) is 5.54. The standard InChI is InChI=1S/C23H25FN8O2/c24-16-10-15(20(26)33)21(32-22(16)31-18-6-2-1-5-17(18)25)29-13-9-14(12-27-11-13)30-23(34)19-7-3-4-8-28-19/h3-4,7-12,17-18H,1-2,5-6,25H2,(H2,26,33)(H,30,34)(H2,29,31,32)/t17-,18+/m0/s1. The first-order valence-electron chi connectivity index (χ1n) is 10.9.